The van der Waals surface area contributed by atoms with E-state index in [0.29, 0.717) is 6.54 Å². The van der Waals surface area contributed by atoms with Gasteiger partial charge in [0, 0.05) is 18.3 Å². The van der Waals surface area contributed by atoms with Crippen LogP contribution in [0.15, 0.2) is 42.6 Å². The van der Waals surface area contributed by atoms with E-state index in [2.05, 4.69) is 4.98 Å². The lowest BCUT2D eigenvalue weighted by Crippen LogP contribution is -2.31. The normalized spacial score (nSPS) is 20.2. The predicted octanol–water partition coefficient (Wildman–Crippen LogP) is 3.14. The number of hydrogen-bond donors (Lipinski definition) is 1. The third-order valence-corrected chi connectivity index (χ3v) is 4.23. The van der Waals surface area contributed by atoms with Crippen molar-refractivity contribution in [3.8, 4) is 0 Å². The molecule has 0 aliphatic carbocycles. The molecule has 2 aromatic rings. The molecule has 2 heterocycles. The van der Waals surface area contributed by atoms with E-state index in [9.17, 15) is 14.0 Å². The Morgan fingerprint density at radius 3 is 2.79 bits per heavy atom. The summed E-state index contributed by atoms with van der Waals surface area (Å²) in [6.45, 7) is 2.58. The predicted molar refractivity (Wildman–Crippen MR) is 85.2 cm³/mol. The van der Waals surface area contributed by atoms with Crippen molar-refractivity contribution in [2.45, 2.75) is 19.4 Å². The van der Waals surface area contributed by atoms with Gasteiger partial charge in [0.15, 0.2) is 0 Å². The molecule has 1 amide bonds. The molecule has 0 saturated carbocycles. The standard InChI is InChI=1S/C18H17FN2O3/c1-11-7-16(12-3-2-4-14(19)8-12)21(10-11)17(22)13-5-6-20-15(9-13)18(23)24/h2-6,8-9,11,16H,7,10H2,1H3,(H,23,24). The highest BCUT2D eigenvalue weighted by Crippen LogP contribution is 2.36. The molecular formula is C18H17FN2O3. The van der Waals surface area contributed by atoms with Gasteiger partial charge in [-0.2, -0.15) is 0 Å². The molecule has 5 nitrogen and oxygen atoms in total. The Hall–Kier alpha value is -2.76. The molecule has 1 fully saturated rings. The SMILES string of the molecule is CC1CC(c2cccc(F)c2)N(C(=O)c2ccnc(C(=O)O)c2)C1. The summed E-state index contributed by atoms with van der Waals surface area (Å²) in [5, 5.41) is 9.03. The van der Waals surface area contributed by atoms with Crippen LogP contribution < -0.4 is 0 Å². The molecule has 3 rings (SSSR count). The molecule has 6 heteroatoms. The van der Waals surface area contributed by atoms with Crippen molar-refractivity contribution < 1.29 is 19.1 Å². The van der Waals surface area contributed by atoms with Crippen LogP contribution in [0.1, 0.15) is 45.8 Å². The molecular weight excluding hydrogens is 311 g/mol. The van der Waals surface area contributed by atoms with E-state index in [4.69, 9.17) is 5.11 Å². The van der Waals surface area contributed by atoms with E-state index in [-0.39, 0.29) is 34.9 Å². The number of carbonyl (C=O) groups is 2. The Balaban J connectivity index is 1.92. The van der Waals surface area contributed by atoms with Gasteiger partial charge in [0.05, 0.1) is 6.04 Å². The Labute approximate surface area is 138 Å². The van der Waals surface area contributed by atoms with Crippen LogP contribution in [0.25, 0.3) is 0 Å². The van der Waals surface area contributed by atoms with Gasteiger partial charge in [-0.1, -0.05) is 19.1 Å². The first-order valence-electron chi connectivity index (χ1n) is 7.71. The van der Waals surface area contributed by atoms with E-state index in [1.54, 1.807) is 17.0 Å². The number of carboxylic acids is 1. The van der Waals surface area contributed by atoms with Gasteiger partial charge in [-0.25, -0.2) is 14.2 Å². The summed E-state index contributed by atoms with van der Waals surface area (Å²) < 4.78 is 13.5. The molecule has 124 valence electrons. The molecule has 0 radical (unpaired) electrons. The minimum absolute atomic E-state index is 0.171. The number of amides is 1. The van der Waals surface area contributed by atoms with Crippen molar-refractivity contribution in [3.05, 3.63) is 65.2 Å². The first-order chi connectivity index (χ1) is 11.5. The van der Waals surface area contributed by atoms with Crippen LogP contribution in [0, 0.1) is 11.7 Å². The maximum absolute atomic E-state index is 13.5. The van der Waals surface area contributed by atoms with Gasteiger partial charge < -0.3 is 10.0 Å². The van der Waals surface area contributed by atoms with Gasteiger partial charge in [0.25, 0.3) is 5.91 Å². The summed E-state index contributed by atoms with van der Waals surface area (Å²) in [5.74, 6) is -1.50. The smallest absolute Gasteiger partial charge is 0.354 e. The molecule has 24 heavy (non-hydrogen) atoms. The zero-order chi connectivity index (χ0) is 17.3. The second-order valence-corrected chi connectivity index (χ2v) is 6.10. The highest BCUT2D eigenvalue weighted by Gasteiger charge is 2.34. The molecule has 1 N–H and O–H groups in total. The Kier molecular flexibility index (Phi) is 4.29. The zero-order valence-corrected chi connectivity index (χ0v) is 13.1. The van der Waals surface area contributed by atoms with Crippen molar-refractivity contribution in [2.24, 2.45) is 5.92 Å². The summed E-state index contributed by atoms with van der Waals surface area (Å²) in [4.78, 5) is 29.3. The molecule has 1 aromatic carbocycles. The second kappa shape index (κ2) is 6.39. The van der Waals surface area contributed by atoms with Crippen LogP contribution in [-0.4, -0.2) is 33.4 Å². The number of nitrogens with zero attached hydrogens (tertiary/aromatic N) is 2. The lowest BCUT2D eigenvalue weighted by molar-refractivity contribution is 0.0690. The molecule has 1 aromatic heterocycles. The first-order valence-corrected chi connectivity index (χ1v) is 7.71. The van der Waals surface area contributed by atoms with Crippen LogP contribution in [-0.2, 0) is 0 Å². The molecule has 1 aliphatic rings. The monoisotopic (exact) mass is 328 g/mol. The topological polar surface area (TPSA) is 70.5 Å². The van der Waals surface area contributed by atoms with Gasteiger partial charge in [0.2, 0.25) is 0 Å². The van der Waals surface area contributed by atoms with E-state index in [0.717, 1.165) is 12.0 Å². The van der Waals surface area contributed by atoms with Crippen molar-refractivity contribution in [1.82, 2.24) is 9.88 Å². The first kappa shape index (κ1) is 16.1. The largest absolute Gasteiger partial charge is 0.477 e. The minimum Gasteiger partial charge on any atom is -0.477 e. The van der Waals surface area contributed by atoms with Crippen LogP contribution in [0.4, 0.5) is 4.39 Å². The highest BCUT2D eigenvalue weighted by molar-refractivity contribution is 5.97. The molecule has 1 saturated heterocycles. The van der Waals surface area contributed by atoms with Crippen LogP contribution in [0.5, 0.6) is 0 Å². The molecule has 0 spiro atoms. The lowest BCUT2D eigenvalue weighted by Gasteiger charge is -2.25. The summed E-state index contributed by atoms with van der Waals surface area (Å²) in [7, 11) is 0. The van der Waals surface area contributed by atoms with Crippen molar-refractivity contribution >= 4 is 11.9 Å². The van der Waals surface area contributed by atoms with Gasteiger partial charge in [0.1, 0.15) is 11.5 Å². The number of pyridine rings is 1. The molecule has 2 unspecified atom stereocenters. The number of rotatable bonds is 3. The van der Waals surface area contributed by atoms with E-state index >= 15 is 0 Å². The van der Waals surface area contributed by atoms with Gasteiger partial charge in [-0.05, 0) is 42.2 Å². The maximum Gasteiger partial charge on any atom is 0.354 e. The number of aromatic nitrogens is 1. The fourth-order valence-corrected chi connectivity index (χ4v) is 3.15. The van der Waals surface area contributed by atoms with Crippen LogP contribution >= 0.6 is 0 Å². The van der Waals surface area contributed by atoms with Crippen LogP contribution in [0.2, 0.25) is 0 Å². The molecule has 1 aliphatic heterocycles. The average Bonchev–Trinajstić information content (AvgIpc) is 2.96. The number of likely N-dealkylation sites (tertiary alicyclic amines) is 1. The second-order valence-electron chi connectivity index (χ2n) is 6.10. The Bertz CT molecular complexity index is 793. The Morgan fingerprint density at radius 2 is 2.08 bits per heavy atom. The number of hydrogen-bond acceptors (Lipinski definition) is 3. The molecule has 2 atom stereocenters. The summed E-state index contributed by atoms with van der Waals surface area (Å²) >= 11 is 0. The van der Waals surface area contributed by atoms with Gasteiger partial charge >= 0.3 is 5.97 Å². The Morgan fingerprint density at radius 1 is 1.29 bits per heavy atom. The fraction of sp³-hybridized carbons (Fsp3) is 0.278. The number of benzene rings is 1. The molecule has 0 bridgehead atoms. The summed E-state index contributed by atoms with van der Waals surface area (Å²) in [5.41, 5.74) is 0.855. The minimum atomic E-state index is -1.18. The quantitative estimate of drug-likeness (QED) is 0.939. The number of carbonyl (C=O) groups excluding carboxylic acids is 1. The summed E-state index contributed by atoms with van der Waals surface area (Å²) in [6, 6.07) is 8.81. The van der Waals surface area contributed by atoms with E-state index in [1.807, 2.05) is 6.92 Å². The lowest BCUT2D eigenvalue weighted by atomic mass is 10.0. The average molecular weight is 328 g/mol. The van der Waals surface area contributed by atoms with Crippen molar-refractivity contribution in [1.29, 1.82) is 0 Å². The number of halogens is 1. The van der Waals surface area contributed by atoms with Crippen molar-refractivity contribution in [2.75, 3.05) is 6.54 Å². The van der Waals surface area contributed by atoms with E-state index < -0.39 is 5.97 Å². The van der Waals surface area contributed by atoms with Crippen molar-refractivity contribution in [3.63, 3.8) is 0 Å². The van der Waals surface area contributed by atoms with Gasteiger partial charge in [-0.15, -0.1) is 0 Å². The van der Waals surface area contributed by atoms with Gasteiger partial charge in [-0.3, -0.25) is 4.79 Å². The third-order valence-electron chi connectivity index (χ3n) is 4.23. The van der Waals surface area contributed by atoms with E-state index in [1.165, 1.54) is 30.5 Å². The van der Waals surface area contributed by atoms with Crippen LogP contribution in [0.3, 0.4) is 0 Å². The number of aromatic carboxylic acids is 1. The highest BCUT2D eigenvalue weighted by atomic mass is 19.1. The fourth-order valence-electron chi connectivity index (χ4n) is 3.15. The maximum atomic E-state index is 13.5. The third kappa shape index (κ3) is 3.13. The summed E-state index contributed by atoms with van der Waals surface area (Å²) in [6.07, 6.45) is 2.06. The number of carboxylic acid groups (broad SMARTS) is 1. The zero-order valence-electron chi connectivity index (χ0n) is 13.1.